The predicted molar refractivity (Wildman–Crippen MR) is 63.2 cm³/mol. The number of aliphatic hydroxyl groups excluding tert-OH is 1. The first-order valence-corrected chi connectivity index (χ1v) is 5.30. The molecule has 4 heteroatoms. The van der Waals surface area contributed by atoms with Crippen molar-refractivity contribution >= 4 is 17.3 Å². The Hall–Kier alpha value is -0.800. The standard InChI is InChI=1S/C11H17ClN2O/c1-11(2,3)10(15)7-14-9-4-5-13-6-8(9)12/h4-6,10,15H,7H2,1-3H3,(H,13,14)/t10-/m0/s1. The highest BCUT2D eigenvalue weighted by Crippen LogP contribution is 2.22. The van der Waals surface area contributed by atoms with E-state index in [1.165, 1.54) is 0 Å². The lowest BCUT2D eigenvalue weighted by atomic mass is 9.89. The van der Waals surface area contributed by atoms with E-state index in [4.69, 9.17) is 11.6 Å². The highest BCUT2D eigenvalue weighted by Gasteiger charge is 2.21. The number of anilines is 1. The lowest BCUT2D eigenvalue weighted by Crippen LogP contribution is -2.32. The van der Waals surface area contributed by atoms with Gasteiger partial charge in [0, 0.05) is 18.9 Å². The Bertz CT molecular complexity index is 323. The van der Waals surface area contributed by atoms with E-state index in [1.54, 1.807) is 18.5 Å². The van der Waals surface area contributed by atoms with Crippen LogP contribution in [0.5, 0.6) is 0 Å². The molecule has 0 saturated heterocycles. The molecule has 0 spiro atoms. The van der Waals surface area contributed by atoms with Crippen molar-refractivity contribution in [3.05, 3.63) is 23.5 Å². The second kappa shape index (κ2) is 4.81. The Morgan fingerprint density at radius 3 is 2.73 bits per heavy atom. The van der Waals surface area contributed by atoms with Crippen LogP contribution in [0, 0.1) is 5.41 Å². The number of hydrogen-bond acceptors (Lipinski definition) is 3. The molecule has 15 heavy (non-hydrogen) atoms. The van der Waals surface area contributed by atoms with E-state index in [0.717, 1.165) is 5.69 Å². The van der Waals surface area contributed by atoms with Gasteiger partial charge in [-0.15, -0.1) is 0 Å². The average Bonchev–Trinajstić information content (AvgIpc) is 2.14. The summed E-state index contributed by atoms with van der Waals surface area (Å²) in [5.74, 6) is 0. The Kier molecular flexibility index (Phi) is 3.94. The Morgan fingerprint density at radius 1 is 1.53 bits per heavy atom. The number of aliphatic hydroxyl groups is 1. The Morgan fingerprint density at radius 2 is 2.20 bits per heavy atom. The van der Waals surface area contributed by atoms with Crippen LogP contribution in [0.25, 0.3) is 0 Å². The fourth-order valence-corrected chi connectivity index (χ4v) is 1.22. The van der Waals surface area contributed by atoms with Gasteiger partial charge in [0.15, 0.2) is 0 Å². The highest BCUT2D eigenvalue weighted by molar-refractivity contribution is 6.33. The molecular weight excluding hydrogens is 212 g/mol. The fourth-order valence-electron chi connectivity index (χ4n) is 1.03. The van der Waals surface area contributed by atoms with Gasteiger partial charge < -0.3 is 10.4 Å². The van der Waals surface area contributed by atoms with Crippen LogP contribution in [-0.4, -0.2) is 22.7 Å². The normalized spacial score (nSPS) is 13.7. The van der Waals surface area contributed by atoms with Gasteiger partial charge >= 0.3 is 0 Å². The summed E-state index contributed by atoms with van der Waals surface area (Å²) in [7, 11) is 0. The summed E-state index contributed by atoms with van der Waals surface area (Å²) in [6, 6.07) is 1.79. The topological polar surface area (TPSA) is 45.1 Å². The van der Waals surface area contributed by atoms with Gasteiger partial charge in [-0.1, -0.05) is 32.4 Å². The summed E-state index contributed by atoms with van der Waals surface area (Å²) in [6.07, 6.45) is 2.83. The summed E-state index contributed by atoms with van der Waals surface area (Å²) in [6.45, 7) is 6.46. The van der Waals surface area contributed by atoms with E-state index in [2.05, 4.69) is 10.3 Å². The molecule has 0 aliphatic carbocycles. The van der Waals surface area contributed by atoms with Crippen molar-refractivity contribution in [1.82, 2.24) is 4.98 Å². The molecule has 1 aromatic rings. The molecule has 0 bridgehead atoms. The van der Waals surface area contributed by atoms with Crippen LogP contribution in [0.1, 0.15) is 20.8 Å². The molecular formula is C11H17ClN2O. The summed E-state index contributed by atoms with van der Waals surface area (Å²) < 4.78 is 0. The number of halogens is 1. The van der Waals surface area contributed by atoms with Crippen LogP contribution < -0.4 is 5.32 Å². The minimum atomic E-state index is -0.415. The van der Waals surface area contributed by atoms with E-state index in [-0.39, 0.29) is 5.41 Å². The summed E-state index contributed by atoms with van der Waals surface area (Å²) in [5.41, 5.74) is 0.668. The first-order valence-electron chi connectivity index (χ1n) is 4.92. The third-order valence-electron chi connectivity index (χ3n) is 2.26. The van der Waals surface area contributed by atoms with Crippen LogP contribution in [0.4, 0.5) is 5.69 Å². The van der Waals surface area contributed by atoms with E-state index in [1.807, 2.05) is 20.8 Å². The lowest BCUT2D eigenvalue weighted by Gasteiger charge is -2.26. The molecule has 0 saturated carbocycles. The molecule has 3 nitrogen and oxygen atoms in total. The van der Waals surface area contributed by atoms with E-state index in [0.29, 0.717) is 11.6 Å². The van der Waals surface area contributed by atoms with Crippen LogP contribution in [0.15, 0.2) is 18.5 Å². The fraction of sp³-hybridized carbons (Fsp3) is 0.545. The van der Waals surface area contributed by atoms with Gasteiger partial charge in [0.25, 0.3) is 0 Å². The number of nitrogens with zero attached hydrogens (tertiary/aromatic N) is 1. The van der Waals surface area contributed by atoms with Crippen molar-refractivity contribution < 1.29 is 5.11 Å². The molecule has 1 heterocycles. The Labute approximate surface area is 95.5 Å². The summed E-state index contributed by atoms with van der Waals surface area (Å²) >= 11 is 5.92. The van der Waals surface area contributed by atoms with Gasteiger partial charge in [0.05, 0.1) is 16.8 Å². The van der Waals surface area contributed by atoms with Crippen LogP contribution >= 0.6 is 11.6 Å². The molecule has 1 aromatic heterocycles. The van der Waals surface area contributed by atoms with Crippen molar-refractivity contribution in [1.29, 1.82) is 0 Å². The number of aromatic nitrogens is 1. The third kappa shape index (κ3) is 3.68. The maximum absolute atomic E-state index is 9.82. The quantitative estimate of drug-likeness (QED) is 0.836. The zero-order valence-corrected chi connectivity index (χ0v) is 10.0. The van der Waals surface area contributed by atoms with Gasteiger partial charge in [-0.2, -0.15) is 0 Å². The lowest BCUT2D eigenvalue weighted by molar-refractivity contribution is 0.0746. The van der Waals surface area contributed by atoms with Gasteiger partial charge in [0.2, 0.25) is 0 Å². The minimum absolute atomic E-state index is 0.132. The number of hydrogen-bond donors (Lipinski definition) is 2. The van der Waals surface area contributed by atoms with Crippen molar-refractivity contribution in [2.24, 2.45) is 5.41 Å². The van der Waals surface area contributed by atoms with E-state index < -0.39 is 6.10 Å². The highest BCUT2D eigenvalue weighted by atomic mass is 35.5. The van der Waals surface area contributed by atoms with Gasteiger partial charge in [-0.05, 0) is 11.5 Å². The smallest absolute Gasteiger partial charge is 0.0820 e. The Balaban J connectivity index is 2.55. The first kappa shape index (κ1) is 12.3. The molecule has 2 N–H and O–H groups in total. The molecule has 0 aliphatic rings. The summed E-state index contributed by atoms with van der Waals surface area (Å²) in [5, 5.41) is 13.5. The van der Waals surface area contributed by atoms with Crippen molar-refractivity contribution in [3.63, 3.8) is 0 Å². The number of rotatable bonds is 3. The predicted octanol–water partition coefficient (Wildman–Crippen LogP) is 2.55. The van der Waals surface area contributed by atoms with E-state index >= 15 is 0 Å². The molecule has 0 amide bonds. The number of nitrogens with one attached hydrogen (secondary N) is 1. The van der Waals surface area contributed by atoms with Gasteiger partial charge in [0.1, 0.15) is 0 Å². The SMILES string of the molecule is CC(C)(C)[C@@H](O)CNc1ccncc1Cl. The summed E-state index contributed by atoms with van der Waals surface area (Å²) in [4.78, 5) is 3.89. The maximum atomic E-state index is 9.82. The molecule has 0 fully saturated rings. The molecule has 1 atom stereocenters. The molecule has 0 aliphatic heterocycles. The van der Waals surface area contributed by atoms with Gasteiger partial charge in [-0.25, -0.2) is 0 Å². The monoisotopic (exact) mass is 228 g/mol. The van der Waals surface area contributed by atoms with Crippen molar-refractivity contribution in [2.45, 2.75) is 26.9 Å². The average molecular weight is 229 g/mol. The molecule has 1 rings (SSSR count). The van der Waals surface area contributed by atoms with Crippen LogP contribution in [-0.2, 0) is 0 Å². The van der Waals surface area contributed by atoms with Crippen molar-refractivity contribution in [2.75, 3.05) is 11.9 Å². The zero-order valence-electron chi connectivity index (χ0n) is 9.29. The molecule has 0 aromatic carbocycles. The number of pyridine rings is 1. The van der Waals surface area contributed by atoms with Gasteiger partial charge in [-0.3, -0.25) is 4.98 Å². The second-order valence-corrected chi connectivity index (χ2v) is 5.03. The van der Waals surface area contributed by atoms with Crippen LogP contribution in [0.3, 0.4) is 0 Å². The molecule has 0 radical (unpaired) electrons. The second-order valence-electron chi connectivity index (χ2n) is 4.62. The minimum Gasteiger partial charge on any atom is -0.391 e. The van der Waals surface area contributed by atoms with E-state index in [9.17, 15) is 5.11 Å². The first-order chi connectivity index (χ1) is 6.91. The third-order valence-corrected chi connectivity index (χ3v) is 2.56. The maximum Gasteiger partial charge on any atom is 0.0820 e. The van der Waals surface area contributed by atoms with Crippen LogP contribution in [0.2, 0.25) is 5.02 Å². The largest absolute Gasteiger partial charge is 0.391 e. The zero-order chi connectivity index (χ0) is 11.5. The molecule has 84 valence electrons. The van der Waals surface area contributed by atoms with Crippen molar-refractivity contribution in [3.8, 4) is 0 Å². The molecule has 0 unspecified atom stereocenters.